The molecule has 18 heavy (non-hydrogen) atoms. The number of carbonyl (C=O) groups is 2. The molecule has 1 heterocycles. The van der Waals surface area contributed by atoms with Crippen LogP contribution >= 0.6 is 0 Å². The van der Waals surface area contributed by atoms with Crippen LogP contribution in [0.15, 0.2) is 0 Å². The van der Waals surface area contributed by atoms with Gasteiger partial charge in [0.05, 0.1) is 5.69 Å². The fraction of sp³-hybridized carbons (Fsp3) is 0.545. The first-order valence-electron chi connectivity index (χ1n) is 5.61. The third kappa shape index (κ3) is 2.99. The predicted molar refractivity (Wildman–Crippen MR) is 66.6 cm³/mol. The molecule has 0 unspecified atom stereocenters. The molecule has 7 nitrogen and oxygen atoms in total. The molecular formula is C11H18N4O3. The van der Waals surface area contributed by atoms with Crippen LogP contribution in [-0.2, 0) is 11.8 Å². The number of rotatable bonds is 6. The summed E-state index contributed by atoms with van der Waals surface area (Å²) < 4.78 is 1.58. The molecule has 3 N–H and O–H groups in total. The summed E-state index contributed by atoms with van der Waals surface area (Å²) in [6.07, 6.45) is 0.585. The highest BCUT2D eigenvalue weighted by atomic mass is 16.4. The van der Waals surface area contributed by atoms with Gasteiger partial charge < -0.3 is 15.7 Å². The van der Waals surface area contributed by atoms with Crippen molar-refractivity contribution in [2.24, 2.45) is 12.8 Å². The van der Waals surface area contributed by atoms with Gasteiger partial charge >= 0.3 is 5.97 Å². The van der Waals surface area contributed by atoms with Crippen molar-refractivity contribution in [3.05, 3.63) is 11.3 Å². The Kier molecular flexibility index (Phi) is 4.30. The molecule has 0 fully saturated rings. The summed E-state index contributed by atoms with van der Waals surface area (Å²) in [7, 11) is 3.51. The van der Waals surface area contributed by atoms with Crippen LogP contribution < -0.4 is 10.6 Å². The molecule has 100 valence electrons. The maximum absolute atomic E-state index is 11.4. The lowest BCUT2D eigenvalue weighted by Gasteiger charge is -2.19. The smallest absolute Gasteiger partial charge is 0.303 e. The van der Waals surface area contributed by atoms with Crippen molar-refractivity contribution in [3.8, 4) is 0 Å². The van der Waals surface area contributed by atoms with Gasteiger partial charge in [0, 0.05) is 27.1 Å². The lowest BCUT2D eigenvalue weighted by Crippen LogP contribution is -2.25. The number of carboxylic acids is 1. The van der Waals surface area contributed by atoms with Gasteiger partial charge in [0.15, 0.2) is 0 Å². The highest BCUT2D eigenvalue weighted by Crippen LogP contribution is 2.21. The van der Waals surface area contributed by atoms with E-state index in [0.29, 0.717) is 30.0 Å². The Bertz CT molecular complexity index is 467. The number of aliphatic carboxylic acids is 1. The topological polar surface area (TPSA) is 101 Å². The van der Waals surface area contributed by atoms with Crippen LogP contribution in [0.5, 0.6) is 0 Å². The maximum Gasteiger partial charge on any atom is 0.303 e. The number of aromatic nitrogens is 2. The van der Waals surface area contributed by atoms with Gasteiger partial charge in [0.2, 0.25) is 0 Å². The van der Waals surface area contributed by atoms with Crippen LogP contribution in [-0.4, -0.2) is 40.4 Å². The monoisotopic (exact) mass is 254 g/mol. The van der Waals surface area contributed by atoms with Crippen molar-refractivity contribution in [2.45, 2.75) is 19.8 Å². The number of nitrogens with two attached hydrogens (primary N) is 1. The average Bonchev–Trinajstić information content (AvgIpc) is 2.52. The summed E-state index contributed by atoms with van der Waals surface area (Å²) in [6.45, 7) is 2.24. The van der Waals surface area contributed by atoms with Crippen LogP contribution in [0.4, 0.5) is 5.82 Å². The second-order valence-corrected chi connectivity index (χ2v) is 4.19. The number of nitrogens with zero attached hydrogens (tertiary/aromatic N) is 3. The van der Waals surface area contributed by atoms with Gasteiger partial charge in [-0.3, -0.25) is 14.3 Å². The summed E-state index contributed by atoms with van der Waals surface area (Å²) in [5, 5.41) is 12.7. The highest BCUT2D eigenvalue weighted by molar-refractivity contribution is 5.99. The summed E-state index contributed by atoms with van der Waals surface area (Å²) in [6, 6.07) is 0. The van der Waals surface area contributed by atoms with Gasteiger partial charge in [-0.1, -0.05) is 0 Å². The van der Waals surface area contributed by atoms with E-state index in [9.17, 15) is 9.59 Å². The third-order valence-corrected chi connectivity index (χ3v) is 2.68. The normalized spacial score (nSPS) is 10.4. The van der Waals surface area contributed by atoms with E-state index in [1.165, 1.54) is 0 Å². The number of carboxylic acid groups (broad SMARTS) is 1. The van der Waals surface area contributed by atoms with Crippen LogP contribution in [0.3, 0.4) is 0 Å². The maximum atomic E-state index is 11.4. The first-order chi connectivity index (χ1) is 8.34. The minimum atomic E-state index is -0.834. The van der Waals surface area contributed by atoms with Gasteiger partial charge in [-0.2, -0.15) is 5.10 Å². The molecule has 1 rings (SSSR count). The fourth-order valence-corrected chi connectivity index (χ4v) is 1.95. The van der Waals surface area contributed by atoms with Gasteiger partial charge in [-0.25, -0.2) is 0 Å². The SMILES string of the molecule is Cc1nn(C)c(N(C)CCCC(=O)O)c1C(N)=O. The van der Waals surface area contributed by atoms with Crippen LogP contribution in [0.2, 0.25) is 0 Å². The van der Waals surface area contributed by atoms with Gasteiger partial charge in [-0.15, -0.1) is 0 Å². The van der Waals surface area contributed by atoms with Crippen molar-refractivity contribution in [2.75, 3.05) is 18.5 Å². The standard InChI is InChI=1S/C11H18N4O3/c1-7-9(10(12)18)11(15(3)13-7)14(2)6-4-5-8(16)17/h4-6H2,1-3H3,(H2,12,18)(H,16,17). The van der Waals surface area contributed by atoms with Crippen LogP contribution in [0.1, 0.15) is 28.9 Å². The number of hydrogen-bond donors (Lipinski definition) is 2. The number of amides is 1. The number of carbonyl (C=O) groups excluding carboxylic acids is 1. The largest absolute Gasteiger partial charge is 0.481 e. The van der Waals surface area contributed by atoms with E-state index in [1.54, 1.807) is 30.6 Å². The summed E-state index contributed by atoms with van der Waals surface area (Å²) in [5.41, 5.74) is 6.29. The summed E-state index contributed by atoms with van der Waals surface area (Å²) in [4.78, 5) is 23.6. The molecule has 0 bridgehead atoms. The Labute approximate surface area is 105 Å². The van der Waals surface area contributed by atoms with Crippen LogP contribution in [0.25, 0.3) is 0 Å². The quantitative estimate of drug-likeness (QED) is 0.751. The zero-order chi connectivity index (χ0) is 13.9. The van der Waals surface area contributed by atoms with E-state index in [0.717, 1.165) is 0 Å². The molecule has 0 spiro atoms. The molecule has 7 heteroatoms. The predicted octanol–water partition coefficient (Wildman–Crippen LogP) is 0.128. The van der Waals surface area contributed by atoms with Crippen molar-refractivity contribution >= 4 is 17.7 Å². The van der Waals surface area contributed by atoms with E-state index in [-0.39, 0.29) is 6.42 Å². The van der Waals surface area contributed by atoms with Crippen molar-refractivity contribution in [3.63, 3.8) is 0 Å². The van der Waals surface area contributed by atoms with Gasteiger partial charge in [0.25, 0.3) is 5.91 Å². The molecule has 1 aromatic rings. The second kappa shape index (κ2) is 5.52. The lowest BCUT2D eigenvalue weighted by atomic mass is 10.2. The molecule has 1 amide bonds. The highest BCUT2D eigenvalue weighted by Gasteiger charge is 2.20. The van der Waals surface area contributed by atoms with Gasteiger partial charge in [-0.05, 0) is 13.3 Å². The van der Waals surface area contributed by atoms with Crippen molar-refractivity contribution < 1.29 is 14.7 Å². The number of hydrogen-bond acceptors (Lipinski definition) is 4. The first kappa shape index (κ1) is 14.0. The van der Waals surface area contributed by atoms with Gasteiger partial charge in [0.1, 0.15) is 11.4 Å². The molecule has 0 aliphatic heterocycles. The average molecular weight is 254 g/mol. The molecule has 0 atom stereocenters. The Morgan fingerprint density at radius 1 is 1.50 bits per heavy atom. The fourth-order valence-electron chi connectivity index (χ4n) is 1.95. The molecule has 0 saturated heterocycles. The number of primary amides is 1. The van der Waals surface area contributed by atoms with Crippen LogP contribution in [0, 0.1) is 6.92 Å². The molecule has 0 aliphatic rings. The van der Waals surface area contributed by atoms with E-state index in [1.807, 2.05) is 0 Å². The molecule has 0 aromatic carbocycles. The molecule has 1 aromatic heterocycles. The zero-order valence-electron chi connectivity index (χ0n) is 10.8. The lowest BCUT2D eigenvalue weighted by molar-refractivity contribution is -0.137. The molecular weight excluding hydrogens is 236 g/mol. The summed E-state index contributed by atoms with van der Waals surface area (Å²) >= 11 is 0. The summed E-state index contributed by atoms with van der Waals surface area (Å²) in [5.74, 6) is -0.745. The minimum Gasteiger partial charge on any atom is -0.481 e. The van der Waals surface area contributed by atoms with E-state index in [2.05, 4.69) is 5.10 Å². The Balaban J connectivity index is 2.88. The van der Waals surface area contributed by atoms with Crippen molar-refractivity contribution in [1.82, 2.24) is 9.78 Å². The Morgan fingerprint density at radius 3 is 2.61 bits per heavy atom. The van der Waals surface area contributed by atoms with E-state index >= 15 is 0 Å². The van der Waals surface area contributed by atoms with E-state index in [4.69, 9.17) is 10.8 Å². The van der Waals surface area contributed by atoms with E-state index < -0.39 is 11.9 Å². The molecule has 0 aliphatic carbocycles. The first-order valence-corrected chi connectivity index (χ1v) is 5.61. The van der Waals surface area contributed by atoms with Crippen molar-refractivity contribution in [1.29, 1.82) is 0 Å². The second-order valence-electron chi connectivity index (χ2n) is 4.19. The zero-order valence-corrected chi connectivity index (χ0v) is 10.8. The molecule has 0 saturated carbocycles. The number of anilines is 1. The third-order valence-electron chi connectivity index (χ3n) is 2.68. The molecule has 0 radical (unpaired) electrons. The minimum absolute atomic E-state index is 0.0904. The Morgan fingerprint density at radius 2 is 2.11 bits per heavy atom. The number of aryl methyl sites for hydroxylation is 2. The Hall–Kier alpha value is -2.05.